The zero-order valence-electron chi connectivity index (χ0n) is 15.3. The van der Waals surface area contributed by atoms with E-state index in [-0.39, 0.29) is 6.04 Å². The minimum absolute atomic E-state index is 0.0227. The van der Waals surface area contributed by atoms with Crippen LogP contribution in [0.25, 0.3) is 0 Å². The third-order valence-electron chi connectivity index (χ3n) is 6.61. The van der Waals surface area contributed by atoms with Gasteiger partial charge >= 0.3 is 0 Å². The Kier molecular flexibility index (Phi) is 5.33. The molecule has 0 amide bonds. The fraction of sp³-hybridized carbons (Fsp3) is 0.950. The van der Waals surface area contributed by atoms with Crippen molar-refractivity contribution in [1.82, 2.24) is 5.06 Å². The molecule has 0 aromatic carbocycles. The number of nitrogens with zero attached hydrogens (tertiary/aromatic N) is 2. The summed E-state index contributed by atoms with van der Waals surface area (Å²) in [4.78, 5) is 6.49. The summed E-state index contributed by atoms with van der Waals surface area (Å²) < 4.78 is 0. The lowest BCUT2D eigenvalue weighted by Gasteiger charge is -2.45. The fourth-order valence-corrected chi connectivity index (χ4v) is 5.03. The maximum absolute atomic E-state index is 9.66. The van der Waals surface area contributed by atoms with Crippen LogP contribution in [-0.2, 0) is 4.84 Å². The Morgan fingerprint density at radius 2 is 1.65 bits per heavy atom. The number of fused-ring (bicyclic) bond motifs is 1. The summed E-state index contributed by atoms with van der Waals surface area (Å²) in [6.45, 7) is 7.12. The molecule has 1 aliphatic heterocycles. The lowest BCUT2D eigenvalue weighted by molar-refractivity contribution is -0.280. The van der Waals surface area contributed by atoms with Gasteiger partial charge in [0, 0.05) is 6.04 Å². The van der Waals surface area contributed by atoms with E-state index in [1.807, 2.05) is 0 Å². The molecule has 0 bridgehead atoms. The SMILES string of the molecule is CC(C)(C)C1CCC2CC(C#N)N(C3CCCCC3)OC2CC1. The molecule has 3 rings (SSSR count). The van der Waals surface area contributed by atoms with Gasteiger partial charge in [-0.15, -0.1) is 0 Å². The molecule has 3 aliphatic rings. The molecule has 0 aromatic heterocycles. The predicted molar refractivity (Wildman–Crippen MR) is 92.5 cm³/mol. The zero-order chi connectivity index (χ0) is 16.4. The molecule has 4 unspecified atom stereocenters. The van der Waals surface area contributed by atoms with Crippen molar-refractivity contribution in [2.24, 2.45) is 17.3 Å². The molecule has 3 heteroatoms. The summed E-state index contributed by atoms with van der Waals surface area (Å²) in [5.41, 5.74) is 0.394. The van der Waals surface area contributed by atoms with Crippen molar-refractivity contribution >= 4 is 0 Å². The molecule has 1 heterocycles. The summed E-state index contributed by atoms with van der Waals surface area (Å²) in [7, 11) is 0. The van der Waals surface area contributed by atoms with Gasteiger partial charge in [-0.1, -0.05) is 40.0 Å². The number of rotatable bonds is 1. The van der Waals surface area contributed by atoms with Gasteiger partial charge in [0.15, 0.2) is 0 Å². The van der Waals surface area contributed by atoms with Crippen LogP contribution < -0.4 is 0 Å². The number of hydrogen-bond donors (Lipinski definition) is 0. The summed E-state index contributed by atoms with van der Waals surface area (Å²) in [6, 6.07) is 3.01. The van der Waals surface area contributed by atoms with E-state index in [0.29, 0.717) is 23.5 Å². The monoisotopic (exact) mass is 318 g/mol. The van der Waals surface area contributed by atoms with Gasteiger partial charge in [-0.25, -0.2) is 0 Å². The van der Waals surface area contributed by atoms with Crippen LogP contribution in [0.5, 0.6) is 0 Å². The highest BCUT2D eigenvalue weighted by Gasteiger charge is 2.42. The Labute approximate surface area is 142 Å². The van der Waals surface area contributed by atoms with Gasteiger partial charge < -0.3 is 0 Å². The second kappa shape index (κ2) is 7.11. The summed E-state index contributed by atoms with van der Waals surface area (Å²) in [5.74, 6) is 1.38. The van der Waals surface area contributed by atoms with E-state index < -0.39 is 0 Å². The number of hydrogen-bond acceptors (Lipinski definition) is 3. The third kappa shape index (κ3) is 3.91. The molecule has 0 N–H and O–H groups in total. The standard InChI is InChI=1S/C20H34N2O/c1-20(2,3)16-10-9-15-13-18(14-21)22(23-19(15)12-11-16)17-7-5-4-6-8-17/h15-19H,4-13H2,1-3H3. The quantitative estimate of drug-likeness (QED) is 0.677. The van der Waals surface area contributed by atoms with Crippen molar-refractivity contribution in [1.29, 1.82) is 5.26 Å². The first kappa shape index (κ1) is 17.2. The highest BCUT2D eigenvalue weighted by atomic mass is 16.7. The van der Waals surface area contributed by atoms with Crippen LogP contribution in [0.2, 0.25) is 0 Å². The van der Waals surface area contributed by atoms with Gasteiger partial charge in [-0.3, -0.25) is 4.84 Å². The summed E-state index contributed by atoms with van der Waals surface area (Å²) in [5, 5.41) is 11.8. The van der Waals surface area contributed by atoms with Gasteiger partial charge in [0.1, 0.15) is 6.04 Å². The highest BCUT2D eigenvalue weighted by Crippen LogP contribution is 2.43. The largest absolute Gasteiger partial charge is 0.294 e. The van der Waals surface area contributed by atoms with Crippen molar-refractivity contribution in [3.8, 4) is 6.07 Å². The maximum Gasteiger partial charge on any atom is 0.122 e. The van der Waals surface area contributed by atoms with Crippen LogP contribution in [0.15, 0.2) is 0 Å². The van der Waals surface area contributed by atoms with E-state index in [1.54, 1.807) is 0 Å². The Bertz CT molecular complexity index is 430. The second-order valence-electron chi connectivity index (χ2n) is 9.15. The van der Waals surface area contributed by atoms with Gasteiger partial charge in [0.05, 0.1) is 12.2 Å². The van der Waals surface area contributed by atoms with Crippen molar-refractivity contribution in [2.45, 2.75) is 103 Å². The van der Waals surface area contributed by atoms with Crippen LogP contribution >= 0.6 is 0 Å². The van der Waals surface area contributed by atoms with Crippen LogP contribution in [0.4, 0.5) is 0 Å². The van der Waals surface area contributed by atoms with Crippen molar-refractivity contribution in [2.75, 3.05) is 0 Å². The lowest BCUT2D eigenvalue weighted by Crippen LogP contribution is -2.52. The van der Waals surface area contributed by atoms with Gasteiger partial charge in [-0.05, 0) is 62.2 Å². The van der Waals surface area contributed by atoms with E-state index in [1.165, 1.54) is 57.8 Å². The summed E-state index contributed by atoms with van der Waals surface area (Å²) >= 11 is 0. The molecule has 0 aromatic rings. The Hall–Kier alpha value is -0.590. The van der Waals surface area contributed by atoms with Gasteiger partial charge in [0.25, 0.3) is 0 Å². The normalized spacial score (nSPS) is 37.7. The molecule has 2 aliphatic carbocycles. The lowest BCUT2D eigenvalue weighted by atomic mass is 9.76. The van der Waals surface area contributed by atoms with E-state index >= 15 is 0 Å². The van der Waals surface area contributed by atoms with E-state index in [0.717, 1.165) is 12.3 Å². The van der Waals surface area contributed by atoms with Crippen molar-refractivity contribution < 1.29 is 4.84 Å². The molecule has 3 nitrogen and oxygen atoms in total. The third-order valence-corrected chi connectivity index (χ3v) is 6.61. The molecule has 0 spiro atoms. The molecule has 3 fully saturated rings. The van der Waals surface area contributed by atoms with Gasteiger partial charge in [0.2, 0.25) is 0 Å². The predicted octanol–water partition coefficient (Wildman–Crippen LogP) is 5.07. The molecular weight excluding hydrogens is 284 g/mol. The second-order valence-corrected chi connectivity index (χ2v) is 9.15. The number of nitriles is 1. The topological polar surface area (TPSA) is 36.3 Å². The molecule has 130 valence electrons. The van der Waals surface area contributed by atoms with Crippen LogP contribution in [-0.4, -0.2) is 23.3 Å². The maximum atomic E-state index is 9.66. The van der Waals surface area contributed by atoms with E-state index in [4.69, 9.17) is 4.84 Å². The molecule has 23 heavy (non-hydrogen) atoms. The molecule has 4 atom stereocenters. The van der Waals surface area contributed by atoms with Crippen LogP contribution in [0, 0.1) is 28.6 Å². The Balaban J connectivity index is 1.68. The first-order chi connectivity index (χ1) is 11.0. The van der Waals surface area contributed by atoms with E-state index in [2.05, 4.69) is 31.9 Å². The molecule has 1 saturated heterocycles. The highest BCUT2D eigenvalue weighted by molar-refractivity contribution is 4.98. The van der Waals surface area contributed by atoms with Gasteiger partial charge in [-0.2, -0.15) is 10.3 Å². The minimum atomic E-state index is -0.0227. The van der Waals surface area contributed by atoms with Crippen LogP contribution in [0.1, 0.15) is 85.0 Å². The first-order valence-corrected chi connectivity index (χ1v) is 9.83. The van der Waals surface area contributed by atoms with E-state index in [9.17, 15) is 5.26 Å². The minimum Gasteiger partial charge on any atom is -0.294 e. The molecular formula is C20H34N2O. The fourth-order valence-electron chi connectivity index (χ4n) is 5.03. The summed E-state index contributed by atoms with van der Waals surface area (Å²) in [6.07, 6.45) is 12.7. The first-order valence-electron chi connectivity index (χ1n) is 9.83. The van der Waals surface area contributed by atoms with Crippen molar-refractivity contribution in [3.05, 3.63) is 0 Å². The zero-order valence-corrected chi connectivity index (χ0v) is 15.3. The van der Waals surface area contributed by atoms with Crippen LogP contribution in [0.3, 0.4) is 0 Å². The molecule has 0 radical (unpaired) electrons. The Morgan fingerprint density at radius 1 is 0.957 bits per heavy atom. The average Bonchev–Trinajstić information content (AvgIpc) is 2.76. The van der Waals surface area contributed by atoms with Crippen molar-refractivity contribution in [3.63, 3.8) is 0 Å². The smallest absolute Gasteiger partial charge is 0.122 e. The average molecular weight is 319 g/mol. The number of hydroxylamine groups is 2. The molecule has 2 saturated carbocycles. The Morgan fingerprint density at radius 3 is 2.30 bits per heavy atom.